The van der Waals surface area contributed by atoms with Crippen molar-refractivity contribution in [2.45, 2.75) is 19.4 Å². The molecule has 0 amide bonds. The van der Waals surface area contributed by atoms with Gasteiger partial charge in [0.05, 0.1) is 0 Å². The summed E-state index contributed by atoms with van der Waals surface area (Å²) in [5, 5.41) is 3.61. The fourth-order valence-electron chi connectivity index (χ4n) is 1.66. The number of thioether (sulfide) groups is 1. The average Bonchev–Trinajstić information content (AvgIpc) is 2.62. The van der Waals surface area contributed by atoms with Gasteiger partial charge in [-0.2, -0.15) is 11.8 Å². The Morgan fingerprint density at radius 2 is 2.36 bits per heavy atom. The fourth-order valence-corrected chi connectivity index (χ4v) is 3.46. The number of hydrogen-bond donors (Lipinski definition) is 1. The third-order valence-corrected chi connectivity index (χ3v) is 4.31. The SMILES string of the molecule is Cc1cc(I)ccc1NC1CCSC1. The molecular weight excluding hydrogens is 305 g/mol. The van der Waals surface area contributed by atoms with Gasteiger partial charge in [-0.05, 0) is 65.5 Å². The highest BCUT2D eigenvalue weighted by Crippen LogP contribution is 2.24. The van der Waals surface area contributed by atoms with E-state index in [-0.39, 0.29) is 0 Å². The Balaban J connectivity index is 2.08. The highest BCUT2D eigenvalue weighted by Gasteiger charge is 2.15. The number of hydrogen-bond acceptors (Lipinski definition) is 2. The predicted molar refractivity (Wildman–Crippen MR) is 73.2 cm³/mol. The Morgan fingerprint density at radius 3 is 3.00 bits per heavy atom. The van der Waals surface area contributed by atoms with Gasteiger partial charge in [0.25, 0.3) is 0 Å². The molecular formula is C11H14INS. The first-order chi connectivity index (χ1) is 6.75. The van der Waals surface area contributed by atoms with Gasteiger partial charge in [0, 0.05) is 21.1 Å². The molecule has 0 bridgehead atoms. The highest BCUT2D eigenvalue weighted by molar-refractivity contribution is 14.1. The molecule has 1 unspecified atom stereocenters. The second kappa shape index (κ2) is 4.75. The van der Waals surface area contributed by atoms with Crippen molar-refractivity contribution >= 4 is 40.0 Å². The monoisotopic (exact) mass is 319 g/mol. The maximum absolute atomic E-state index is 3.61. The molecule has 1 heterocycles. The number of benzene rings is 1. The number of nitrogens with one attached hydrogen (secondary N) is 1. The van der Waals surface area contributed by atoms with Gasteiger partial charge in [0.15, 0.2) is 0 Å². The Morgan fingerprint density at radius 1 is 1.50 bits per heavy atom. The Hall–Kier alpha value is 0.1000. The summed E-state index contributed by atoms with van der Waals surface area (Å²) in [7, 11) is 0. The Kier molecular flexibility index (Phi) is 3.60. The zero-order valence-corrected chi connectivity index (χ0v) is 11.2. The van der Waals surface area contributed by atoms with Crippen molar-refractivity contribution in [3.63, 3.8) is 0 Å². The summed E-state index contributed by atoms with van der Waals surface area (Å²) in [4.78, 5) is 0. The molecule has 0 spiro atoms. The predicted octanol–water partition coefficient (Wildman–Crippen LogP) is 3.52. The van der Waals surface area contributed by atoms with E-state index in [1.165, 1.54) is 32.7 Å². The van der Waals surface area contributed by atoms with Crippen molar-refractivity contribution in [1.29, 1.82) is 0 Å². The van der Waals surface area contributed by atoms with E-state index in [4.69, 9.17) is 0 Å². The third-order valence-electron chi connectivity index (χ3n) is 2.48. The lowest BCUT2D eigenvalue weighted by Gasteiger charge is -2.15. The zero-order valence-electron chi connectivity index (χ0n) is 8.22. The van der Waals surface area contributed by atoms with Crippen molar-refractivity contribution in [3.05, 3.63) is 27.3 Å². The van der Waals surface area contributed by atoms with Crippen LogP contribution in [-0.2, 0) is 0 Å². The van der Waals surface area contributed by atoms with Crippen LogP contribution in [-0.4, -0.2) is 17.5 Å². The van der Waals surface area contributed by atoms with E-state index in [0.29, 0.717) is 6.04 Å². The maximum Gasteiger partial charge on any atom is 0.0373 e. The molecule has 0 aromatic heterocycles. The lowest BCUT2D eigenvalue weighted by atomic mass is 10.1. The van der Waals surface area contributed by atoms with E-state index in [0.717, 1.165) is 0 Å². The van der Waals surface area contributed by atoms with Crippen LogP contribution in [0, 0.1) is 10.5 Å². The molecule has 0 saturated carbocycles. The van der Waals surface area contributed by atoms with Gasteiger partial charge in [-0.15, -0.1) is 0 Å². The molecule has 76 valence electrons. The van der Waals surface area contributed by atoms with Crippen molar-refractivity contribution in [3.8, 4) is 0 Å². The molecule has 1 aliphatic heterocycles. The standard InChI is InChI=1S/C11H14INS/c1-8-6-9(12)2-3-11(8)13-10-4-5-14-7-10/h2-3,6,10,13H,4-5,7H2,1H3. The van der Waals surface area contributed by atoms with Crippen LogP contribution >= 0.6 is 34.4 Å². The zero-order chi connectivity index (χ0) is 9.97. The van der Waals surface area contributed by atoms with Crippen LogP contribution in [0.15, 0.2) is 18.2 Å². The number of rotatable bonds is 2. The molecule has 3 heteroatoms. The summed E-state index contributed by atoms with van der Waals surface area (Å²) in [6.45, 7) is 2.17. The van der Waals surface area contributed by atoms with E-state index in [1.807, 2.05) is 11.8 Å². The van der Waals surface area contributed by atoms with Gasteiger partial charge in [0.1, 0.15) is 0 Å². The summed E-state index contributed by atoms with van der Waals surface area (Å²) in [6, 6.07) is 7.27. The molecule has 1 aromatic carbocycles. The van der Waals surface area contributed by atoms with E-state index in [1.54, 1.807) is 0 Å². The van der Waals surface area contributed by atoms with Crippen molar-refractivity contribution in [2.75, 3.05) is 16.8 Å². The van der Waals surface area contributed by atoms with Gasteiger partial charge >= 0.3 is 0 Å². The molecule has 0 radical (unpaired) electrons. The normalized spacial score (nSPS) is 21.1. The van der Waals surface area contributed by atoms with Crippen LogP contribution in [0.5, 0.6) is 0 Å². The summed E-state index contributed by atoms with van der Waals surface area (Å²) < 4.78 is 1.31. The van der Waals surface area contributed by atoms with Crippen LogP contribution in [0.2, 0.25) is 0 Å². The van der Waals surface area contributed by atoms with Gasteiger partial charge in [-0.25, -0.2) is 0 Å². The molecule has 1 nitrogen and oxygen atoms in total. The maximum atomic E-state index is 3.61. The first-order valence-corrected chi connectivity index (χ1v) is 7.09. The molecule has 2 rings (SSSR count). The van der Waals surface area contributed by atoms with Gasteiger partial charge in [-0.1, -0.05) is 0 Å². The second-order valence-electron chi connectivity index (χ2n) is 3.66. The van der Waals surface area contributed by atoms with Crippen molar-refractivity contribution < 1.29 is 0 Å². The minimum absolute atomic E-state index is 0.679. The first kappa shape index (κ1) is 10.6. The lowest BCUT2D eigenvalue weighted by molar-refractivity contribution is 0.812. The van der Waals surface area contributed by atoms with E-state index < -0.39 is 0 Å². The first-order valence-electron chi connectivity index (χ1n) is 4.86. The smallest absolute Gasteiger partial charge is 0.0373 e. The minimum atomic E-state index is 0.679. The molecule has 1 aliphatic rings. The summed E-state index contributed by atoms with van der Waals surface area (Å²) in [6.07, 6.45) is 1.30. The number of anilines is 1. The van der Waals surface area contributed by atoms with Crippen molar-refractivity contribution in [1.82, 2.24) is 0 Å². The molecule has 1 fully saturated rings. The van der Waals surface area contributed by atoms with E-state index in [9.17, 15) is 0 Å². The van der Waals surface area contributed by atoms with Crippen LogP contribution in [0.3, 0.4) is 0 Å². The molecule has 0 aliphatic carbocycles. The molecule has 1 aromatic rings. The molecule has 1 saturated heterocycles. The molecule has 14 heavy (non-hydrogen) atoms. The number of halogens is 1. The Bertz CT molecular complexity index is 321. The van der Waals surface area contributed by atoms with Gasteiger partial charge in [-0.3, -0.25) is 0 Å². The molecule has 1 atom stereocenters. The summed E-state index contributed by atoms with van der Waals surface area (Å²) >= 11 is 4.40. The van der Waals surface area contributed by atoms with E-state index in [2.05, 4.69) is 53.0 Å². The van der Waals surface area contributed by atoms with Crippen LogP contribution < -0.4 is 5.32 Å². The van der Waals surface area contributed by atoms with Gasteiger partial charge in [0.2, 0.25) is 0 Å². The minimum Gasteiger partial charge on any atom is -0.381 e. The van der Waals surface area contributed by atoms with E-state index >= 15 is 0 Å². The third kappa shape index (κ3) is 2.57. The molecule has 1 N–H and O–H groups in total. The average molecular weight is 319 g/mol. The van der Waals surface area contributed by atoms with Gasteiger partial charge < -0.3 is 5.32 Å². The fraction of sp³-hybridized carbons (Fsp3) is 0.455. The topological polar surface area (TPSA) is 12.0 Å². The second-order valence-corrected chi connectivity index (χ2v) is 6.06. The summed E-state index contributed by atoms with van der Waals surface area (Å²) in [5.41, 5.74) is 2.66. The quantitative estimate of drug-likeness (QED) is 0.837. The van der Waals surface area contributed by atoms with Crippen LogP contribution in [0.1, 0.15) is 12.0 Å². The number of aryl methyl sites for hydroxylation is 1. The van der Waals surface area contributed by atoms with Crippen molar-refractivity contribution in [2.24, 2.45) is 0 Å². The lowest BCUT2D eigenvalue weighted by Crippen LogP contribution is -2.18. The Labute approximate surface area is 103 Å². The largest absolute Gasteiger partial charge is 0.381 e. The highest BCUT2D eigenvalue weighted by atomic mass is 127. The summed E-state index contributed by atoms with van der Waals surface area (Å²) in [5.74, 6) is 2.56. The van der Waals surface area contributed by atoms with Crippen LogP contribution in [0.4, 0.5) is 5.69 Å². The van der Waals surface area contributed by atoms with Crippen LogP contribution in [0.25, 0.3) is 0 Å².